The number of aromatic nitrogens is 2. The smallest absolute Gasteiger partial charge is 0.326 e. The Morgan fingerprint density at radius 3 is 2.43 bits per heavy atom. The molecule has 2 aromatic rings. The third kappa shape index (κ3) is 4.27. The Hall–Kier alpha value is -2.43. The molecule has 0 fully saturated rings. The third-order valence-corrected chi connectivity index (χ3v) is 3.05. The van der Waals surface area contributed by atoms with E-state index < -0.39 is 12.0 Å². The largest absolute Gasteiger partial charge is 0.480 e. The zero-order chi connectivity index (χ0) is 15.2. The van der Waals surface area contributed by atoms with Gasteiger partial charge in [-0.05, 0) is 12.3 Å². The van der Waals surface area contributed by atoms with E-state index in [0.717, 1.165) is 11.3 Å². The molecule has 0 saturated carbocycles. The number of benzene rings is 1. The summed E-state index contributed by atoms with van der Waals surface area (Å²) in [4.78, 5) is 19.8. The number of rotatable bonds is 6. The van der Waals surface area contributed by atoms with Crippen molar-refractivity contribution < 1.29 is 9.90 Å². The summed E-state index contributed by atoms with van der Waals surface area (Å²) in [6.07, 6.45) is 3.75. The van der Waals surface area contributed by atoms with E-state index in [4.69, 9.17) is 0 Å². The molecule has 0 aliphatic heterocycles. The summed E-state index contributed by atoms with van der Waals surface area (Å²) < 4.78 is 0. The molecule has 0 amide bonds. The highest BCUT2D eigenvalue weighted by atomic mass is 16.4. The van der Waals surface area contributed by atoms with Gasteiger partial charge in [0, 0.05) is 5.56 Å². The molecule has 21 heavy (non-hydrogen) atoms. The second-order valence-corrected chi connectivity index (χ2v) is 5.32. The standard InChI is InChI=1S/C16H19N3O2/c1-11(2)8-13(16(20)21)19-15-10-17-14(9-18-15)12-6-4-3-5-7-12/h3-7,9-11,13H,8H2,1-2H3,(H,18,19)(H,20,21)/t13-/m0/s1. The first-order valence-corrected chi connectivity index (χ1v) is 6.93. The van der Waals surface area contributed by atoms with Gasteiger partial charge < -0.3 is 10.4 Å². The van der Waals surface area contributed by atoms with Crippen LogP contribution in [0.15, 0.2) is 42.7 Å². The molecular weight excluding hydrogens is 266 g/mol. The van der Waals surface area contributed by atoms with Crippen LogP contribution in [0.4, 0.5) is 5.82 Å². The highest BCUT2D eigenvalue weighted by molar-refractivity contribution is 5.76. The molecular formula is C16H19N3O2. The van der Waals surface area contributed by atoms with Gasteiger partial charge >= 0.3 is 5.97 Å². The van der Waals surface area contributed by atoms with Crippen molar-refractivity contribution in [2.75, 3.05) is 5.32 Å². The summed E-state index contributed by atoms with van der Waals surface area (Å²) in [5.41, 5.74) is 1.74. The Labute approximate surface area is 124 Å². The fourth-order valence-electron chi connectivity index (χ4n) is 2.03. The molecule has 0 spiro atoms. The maximum atomic E-state index is 11.2. The molecule has 5 heteroatoms. The topological polar surface area (TPSA) is 75.1 Å². The first-order valence-electron chi connectivity index (χ1n) is 6.93. The summed E-state index contributed by atoms with van der Waals surface area (Å²) in [6.45, 7) is 3.98. The van der Waals surface area contributed by atoms with Crippen molar-refractivity contribution in [3.05, 3.63) is 42.7 Å². The second kappa shape index (κ2) is 6.83. The van der Waals surface area contributed by atoms with E-state index in [9.17, 15) is 9.90 Å². The van der Waals surface area contributed by atoms with E-state index in [2.05, 4.69) is 15.3 Å². The van der Waals surface area contributed by atoms with Crippen LogP contribution in [0.1, 0.15) is 20.3 Å². The van der Waals surface area contributed by atoms with Crippen LogP contribution >= 0.6 is 0 Å². The second-order valence-electron chi connectivity index (χ2n) is 5.32. The van der Waals surface area contributed by atoms with E-state index in [1.54, 1.807) is 12.4 Å². The van der Waals surface area contributed by atoms with Crippen LogP contribution in [0.3, 0.4) is 0 Å². The van der Waals surface area contributed by atoms with Gasteiger partial charge in [0.1, 0.15) is 11.9 Å². The van der Waals surface area contributed by atoms with Crippen LogP contribution in [0.25, 0.3) is 11.3 Å². The number of hydrogen-bond acceptors (Lipinski definition) is 4. The zero-order valence-electron chi connectivity index (χ0n) is 12.2. The number of anilines is 1. The average molecular weight is 285 g/mol. The number of hydrogen-bond donors (Lipinski definition) is 2. The van der Waals surface area contributed by atoms with Gasteiger partial charge in [-0.15, -0.1) is 0 Å². The Bertz CT molecular complexity index is 582. The molecule has 0 aliphatic carbocycles. The lowest BCUT2D eigenvalue weighted by Crippen LogP contribution is -2.31. The van der Waals surface area contributed by atoms with E-state index >= 15 is 0 Å². The minimum absolute atomic E-state index is 0.287. The van der Waals surface area contributed by atoms with E-state index in [1.807, 2.05) is 44.2 Å². The highest BCUT2D eigenvalue weighted by Gasteiger charge is 2.19. The minimum atomic E-state index is -0.877. The van der Waals surface area contributed by atoms with Crippen molar-refractivity contribution in [3.63, 3.8) is 0 Å². The lowest BCUT2D eigenvalue weighted by molar-refractivity contribution is -0.138. The van der Waals surface area contributed by atoms with Crippen molar-refractivity contribution in [2.24, 2.45) is 5.92 Å². The molecule has 2 rings (SSSR count). The Morgan fingerprint density at radius 1 is 1.19 bits per heavy atom. The van der Waals surface area contributed by atoms with Crippen molar-refractivity contribution >= 4 is 11.8 Å². The van der Waals surface area contributed by atoms with Crippen molar-refractivity contribution in [1.82, 2.24) is 9.97 Å². The molecule has 0 aliphatic rings. The van der Waals surface area contributed by atoms with Gasteiger partial charge in [0.25, 0.3) is 0 Å². The van der Waals surface area contributed by atoms with E-state index in [1.165, 1.54) is 0 Å². The van der Waals surface area contributed by atoms with Gasteiger partial charge in [-0.25, -0.2) is 9.78 Å². The number of nitrogens with zero attached hydrogens (tertiary/aromatic N) is 2. The normalized spacial score (nSPS) is 12.1. The van der Waals surface area contributed by atoms with Crippen molar-refractivity contribution in [1.29, 1.82) is 0 Å². The maximum absolute atomic E-state index is 11.2. The molecule has 2 N–H and O–H groups in total. The van der Waals surface area contributed by atoms with Crippen LogP contribution in [0.5, 0.6) is 0 Å². The Balaban J connectivity index is 2.10. The summed E-state index contributed by atoms with van der Waals surface area (Å²) >= 11 is 0. The minimum Gasteiger partial charge on any atom is -0.480 e. The molecule has 0 unspecified atom stereocenters. The third-order valence-electron chi connectivity index (χ3n) is 3.05. The van der Waals surface area contributed by atoms with Crippen LogP contribution in [-0.4, -0.2) is 27.1 Å². The van der Waals surface area contributed by atoms with E-state index in [0.29, 0.717) is 12.2 Å². The van der Waals surface area contributed by atoms with Crippen LogP contribution in [0, 0.1) is 5.92 Å². The quantitative estimate of drug-likeness (QED) is 0.853. The molecule has 0 radical (unpaired) electrons. The SMILES string of the molecule is CC(C)C[C@H](Nc1cnc(-c2ccccc2)cn1)C(=O)O. The molecule has 1 aromatic carbocycles. The molecule has 1 aromatic heterocycles. The van der Waals surface area contributed by atoms with Gasteiger partial charge in [-0.1, -0.05) is 44.2 Å². The van der Waals surface area contributed by atoms with Gasteiger partial charge in [0.2, 0.25) is 0 Å². The number of carbonyl (C=O) groups is 1. The fraction of sp³-hybridized carbons (Fsp3) is 0.312. The summed E-state index contributed by atoms with van der Waals surface area (Å²) in [5, 5.41) is 12.1. The predicted molar refractivity (Wildman–Crippen MR) is 82.0 cm³/mol. The van der Waals surface area contributed by atoms with Gasteiger partial charge in [0.15, 0.2) is 0 Å². The number of aliphatic carboxylic acids is 1. The van der Waals surface area contributed by atoms with Crippen molar-refractivity contribution in [3.8, 4) is 11.3 Å². The summed E-state index contributed by atoms with van der Waals surface area (Å²) in [5.74, 6) is -0.115. The van der Waals surface area contributed by atoms with Gasteiger partial charge in [-0.3, -0.25) is 4.98 Å². The molecule has 0 saturated heterocycles. The van der Waals surface area contributed by atoms with Crippen LogP contribution in [-0.2, 0) is 4.79 Å². The first kappa shape index (κ1) is 15.0. The highest BCUT2D eigenvalue weighted by Crippen LogP contribution is 2.17. The average Bonchev–Trinajstić information content (AvgIpc) is 2.48. The number of carboxylic acids is 1. The van der Waals surface area contributed by atoms with Gasteiger partial charge in [0.05, 0.1) is 18.1 Å². The molecule has 110 valence electrons. The Kier molecular flexibility index (Phi) is 4.87. The molecule has 5 nitrogen and oxygen atoms in total. The predicted octanol–water partition coefficient (Wildman–Crippen LogP) is 3.05. The van der Waals surface area contributed by atoms with Crippen molar-refractivity contribution in [2.45, 2.75) is 26.3 Å². The molecule has 1 atom stereocenters. The Morgan fingerprint density at radius 2 is 1.90 bits per heavy atom. The number of nitrogens with one attached hydrogen (secondary N) is 1. The first-order chi connectivity index (χ1) is 10.1. The number of carboxylic acid groups (broad SMARTS) is 1. The summed E-state index contributed by atoms with van der Waals surface area (Å²) in [6, 6.07) is 9.07. The van der Waals surface area contributed by atoms with E-state index in [-0.39, 0.29) is 5.92 Å². The lowest BCUT2D eigenvalue weighted by Gasteiger charge is -2.16. The van der Waals surface area contributed by atoms with Crippen LogP contribution in [0.2, 0.25) is 0 Å². The summed E-state index contributed by atoms with van der Waals surface area (Å²) in [7, 11) is 0. The lowest BCUT2D eigenvalue weighted by atomic mass is 10.0. The monoisotopic (exact) mass is 285 g/mol. The van der Waals surface area contributed by atoms with Gasteiger partial charge in [-0.2, -0.15) is 0 Å². The maximum Gasteiger partial charge on any atom is 0.326 e. The van der Waals surface area contributed by atoms with Crippen LogP contribution < -0.4 is 5.32 Å². The zero-order valence-corrected chi connectivity index (χ0v) is 12.2. The molecule has 1 heterocycles. The fourth-order valence-corrected chi connectivity index (χ4v) is 2.03. The molecule has 0 bridgehead atoms.